The number of hydrogen-bond acceptors (Lipinski definition) is 2. The second kappa shape index (κ2) is 7.61. The molecule has 1 aromatic heterocycles. The highest BCUT2D eigenvalue weighted by atomic mass is 16.5. The molecule has 4 nitrogen and oxygen atoms in total. The number of carbonyl (C=O) groups excluding carboxylic acids is 1. The molecule has 0 aliphatic heterocycles. The lowest BCUT2D eigenvalue weighted by molar-refractivity contribution is -0.118. The zero-order chi connectivity index (χ0) is 19.5. The molecule has 0 bridgehead atoms. The van der Waals surface area contributed by atoms with Crippen molar-refractivity contribution in [2.24, 2.45) is 12.8 Å². The molecule has 3 aromatic carbocycles. The third-order valence-electron chi connectivity index (χ3n) is 4.95. The van der Waals surface area contributed by atoms with Gasteiger partial charge in [-0.2, -0.15) is 0 Å². The van der Waals surface area contributed by atoms with Crippen LogP contribution in [0.2, 0.25) is 0 Å². The zero-order valence-corrected chi connectivity index (χ0v) is 15.7. The SMILES string of the molecule is Cn1cc([C@H](CC(N)=O)c2cccc(Oc3ccccc3)c2)c2ccccc21. The van der Waals surface area contributed by atoms with Crippen molar-refractivity contribution in [2.45, 2.75) is 12.3 Å². The Hall–Kier alpha value is -3.53. The number of aryl methyl sites for hydroxylation is 1. The van der Waals surface area contributed by atoms with Crippen LogP contribution < -0.4 is 10.5 Å². The molecule has 2 N–H and O–H groups in total. The van der Waals surface area contributed by atoms with E-state index in [-0.39, 0.29) is 18.2 Å². The van der Waals surface area contributed by atoms with Gasteiger partial charge >= 0.3 is 0 Å². The molecule has 28 heavy (non-hydrogen) atoms. The lowest BCUT2D eigenvalue weighted by Crippen LogP contribution is -2.16. The van der Waals surface area contributed by atoms with E-state index in [1.165, 1.54) is 0 Å². The summed E-state index contributed by atoms with van der Waals surface area (Å²) in [5.74, 6) is 1.05. The molecule has 0 saturated heterocycles. The van der Waals surface area contributed by atoms with E-state index in [0.717, 1.165) is 33.5 Å². The summed E-state index contributed by atoms with van der Waals surface area (Å²) in [6, 6.07) is 25.7. The van der Waals surface area contributed by atoms with Crippen LogP contribution in [0.4, 0.5) is 0 Å². The van der Waals surface area contributed by atoms with Crippen LogP contribution in [0.25, 0.3) is 10.9 Å². The first-order chi connectivity index (χ1) is 13.6. The van der Waals surface area contributed by atoms with Crippen molar-refractivity contribution in [3.8, 4) is 11.5 Å². The lowest BCUT2D eigenvalue weighted by atomic mass is 9.88. The molecule has 0 aliphatic rings. The van der Waals surface area contributed by atoms with Gasteiger partial charge in [0.1, 0.15) is 11.5 Å². The summed E-state index contributed by atoms with van der Waals surface area (Å²) in [6.45, 7) is 0. The topological polar surface area (TPSA) is 57.2 Å². The molecule has 4 aromatic rings. The van der Waals surface area contributed by atoms with Gasteiger partial charge in [-0.1, -0.05) is 48.5 Å². The maximum absolute atomic E-state index is 11.9. The molecular weight excluding hydrogens is 348 g/mol. The van der Waals surface area contributed by atoms with Crippen molar-refractivity contribution in [2.75, 3.05) is 0 Å². The van der Waals surface area contributed by atoms with Gasteiger partial charge in [-0.3, -0.25) is 4.79 Å². The maximum Gasteiger partial charge on any atom is 0.218 e. The number of rotatable bonds is 6. The van der Waals surface area contributed by atoms with E-state index in [2.05, 4.69) is 22.9 Å². The van der Waals surface area contributed by atoms with Gasteiger partial charge in [0.2, 0.25) is 5.91 Å². The van der Waals surface area contributed by atoms with Gasteiger partial charge in [0.25, 0.3) is 0 Å². The van der Waals surface area contributed by atoms with Gasteiger partial charge in [-0.05, 0) is 41.5 Å². The number of benzene rings is 3. The third-order valence-corrected chi connectivity index (χ3v) is 4.95. The van der Waals surface area contributed by atoms with Gasteiger partial charge in [-0.25, -0.2) is 0 Å². The number of primary amides is 1. The van der Waals surface area contributed by atoms with Crippen LogP contribution in [-0.2, 0) is 11.8 Å². The van der Waals surface area contributed by atoms with Gasteiger partial charge in [0.15, 0.2) is 0 Å². The molecule has 0 spiro atoms. The minimum atomic E-state index is -0.327. The van der Waals surface area contributed by atoms with Crippen LogP contribution in [0.3, 0.4) is 0 Å². The van der Waals surface area contributed by atoms with Crippen LogP contribution in [0.15, 0.2) is 85.1 Å². The molecule has 1 amide bonds. The predicted octanol–water partition coefficient (Wildman–Crippen LogP) is 4.98. The maximum atomic E-state index is 11.9. The Labute approximate surface area is 164 Å². The van der Waals surface area contributed by atoms with E-state index in [1.54, 1.807) is 0 Å². The fourth-order valence-electron chi connectivity index (χ4n) is 3.68. The Kier molecular flexibility index (Phi) is 4.85. The predicted molar refractivity (Wildman–Crippen MR) is 112 cm³/mol. The number of nitrogens with two attached hydrogens (primary N) is 1. The summed E-state index contributed by atoms with van der Waals surface area (Å²) < 4.78 is 8.07. The highest BCUT2D eigenvalue weighted by molar-refractivity contribution is 5.86. The van der Waals surface area contributed by atoms with Crippen molar-refractivity contribution in [1.29, 1.82) is 0 Å². The highest BCUT2D eigenvalue weighted by Crippen LogP contribution is 2.36. The average Bonchev–Trinajstić information content (AvgIpc) is 3.04. The lowest BCUT2D eigenvalue weighted by Gasteiger charge is -2.17. The Morgan fingerprint density at radius 1 is 0.964 bits per heavy atom. The quantitative estimate of drug-likeness (QED) is 0.520. The number of hydrogen-bond donors (Lipinski definition) is 1. The molecule has 0 fully saturated rings. The van der Waals surface area contributed by atoms with Crippen molar-refractivity contribution in [3.63, 3.8) is 0 Å². The first-order valence-corrected chi connectivity index (χ1v) is 9.27. The zero-order valence-electron chi connectivity index (χ0n) is 15.7. The normalized spacial score (nSPS) is 12.0. The van der Waals surface area contributed by atoms with Crippen molar-refractivity contribution < 1.29 is 9.53 Å². The standard InChI is InChI=1S/C24H22N2O2/c1-26-16-22(20-12-5-6-13-23(20)26)21(15-24(25)27)17-8-7-11-19(14-17)28-18-9-3-2-4-10-18/h2-14,16,21H,15H2,1H3,(H2,25,27)/t21-/m1/s1. The minimum absolute atomic E-state index is 0.136. The minimum Gasteiger partial charge on any atom is -0.457 e. The molecular formula is C24H22N2O2. The first kappa shape index (κ1) is 17.9. The van der Waals surface area contributed by atoms with Gasteiger partial charge < -0.3 is 15.0 Å². The summed E-state index contributed by atoms with van der Waals surface area (Å²) in [5, 5.41) is 1.13. The fourth-order valence-corrected chi connectivity index (χ4v) is 3.68. The van der Waals surface area contributed by atoms with Gasteiger partial charge in [0, 0.05) is 36.5 Å². The van der Waals surface area contributed by atoms with E-state index in [0.29, 0.717) is 0 Å². The molecule has 140 valence electrons. The molecule has 0 radical (unpaired) electrons. The molecule has 1 atom stereocenters. The molecule has 1 heterocycles. The number of para-hydroxylation sites is 2. The largest absolute Gasteiger partial charge is 0.457 e. The van der Waals surface area contributed by atoms with E-state index in [9.17, 15) is 4.79 Å². The monoisotopic (exact) mass is 370 g/mol. The average molecular weight is 370 g/mol. The van der Waals surface area contributed by atoms with E-state index < -0.39 is 0 Å². The number of aromatic nitrogens is 1. The Balaban J connectivity index is 1.76. The number of ether oxygens (including phenoxy) is 1. The van der Waals surface area contributed by atoms with E-state index >= 15 is 0 Å². The molecule has 4 heteroatoms. The fraction of sp³-hybridized carbons (Fsp3) is 0.125. The summed E-state index contributed by atoms with van der Waals surface area (Å²) in [4.78, 5) is 11.9. The van der Waals surface area contributed by atoms with E-state index in [4.69, 9.17) is 10.5 Å². The third kappa shape index (κ3) is 3.62. The van der Waals surface area contributed by atoms with Crippen LogP contribution in [0.5, 0.6) is 11.5 Å². The van der Waals surface area contributed by atoms with E-state index in [1.807, 2.05) is 73.8 Å². The number of amides is 1. The molecule has 0 unspecified atom stereocenters. The van der Waals surface area contributed by atoms with Crippen molar-refractivity contribution in [3.05, 3.63) is 96.2 Å². The Bertz CT molecular complexity index is 1120. The highest BCUT2D eigenvalue weighted by Gasteiger charge is 2.21. The molecule has 4 rings (SSSR count). The Morgan fingerprint density at radius 2 is 1.68 bits per heavy atom. The summed E-state index contributed by atoms with van der Waals surface area (Å²) in [7, 11) is 2.02. The van der Waals surface area contributed by atoms with Gasteiger partial charge in [-0.15, -0.1) is 0 Å². The van der Waals surface area contributed by atoms with Crippen molar-refractivity contribution in [1.82, 2.24) is 4.57 Å². The number of nitrogens with zero attached hydrogens (tertiary/aromatic N) is 1. The summed E-state index contributed by atoms with van der Waals surface area (Å²) in [6.07, 6.45) is 2.33. The Morgan fingerprint density at radius 3 is 2.46 bits per heavy atom. The number of carbonyl (C=O) groups is 1. The number of fused-ring (bicyclic) bond motifs is 1. The van der Waals surface area contributed by atoms with Crippen LogP contribution in [-0.4, -0.2) is 10.5 Å². The second-order valence-electron chi connectivity index (χ2n) is 6.92. The van der Waals surface area contributed by atoms with Crippen molar-refractivity contribution >= 4 is 16.8 Å². The second-order valence-corrected chi connectivity index (χ2v) is 6.92. The van der Waals surface area contributed by atoms with Gasteiger partial charge in [0.05, 0.1) is 0 Å². The summed E-state index contributed by atoms with van der Waals surface area (Å²) >= 11 is 0. The molecule has 0 aliphatic carbocycles. The summed E-state index contributed by atoms with van der Waals surface area (Å²) in [5.41, 5.74) is 8.83. The van der Waals surface area contributed by atoms with Crippen LogP contribution >= 0.6 is 0 Å². The molecule has 0 saturated carbocycles. The van der Waals surface area contributed by atoms with Crippen LogP contribution in [0, 0.1) is 0 Å². The first-order valence-electron chi connectivity index (χ1n) is 9.27. The van der Waals surface area contributed by atoms with Crippen LogP contribution in [0.1, 0.15) is 23.5 Å². The smallest absolute Gasteiger partial charge is 0.218 e.